The molecular weight excluding hydrogens is 1800 g/mol. The van der Waals surface area contributed by atoms with Crippen molar-refractivity contribution in [2.45, 2.75) is 0 Å². The molecule has 7 aromatic heterocycles. The van der Waals surface area contributed by atoms with E-state index in [1.807, 2.05) is 11.3 Å². The van der Waals surface area contributed by atoms with E-state index in [9.17, 15) is 0 Å². The van der Waals surface area contributed by atoms with Crippen LogP contribution < -0.4 is 20.7 Å². The predicted molar refractivity (Wildman–Crippen MR) is 624 cm³/mol. The van der Waals surface area contributed by atoms with E-state index in [0.29, 0.717) is 0 Å². The Hall–Kier alpha value is -18.7. The summed E-state index contributed by atoms with van der Waals surface area (Å²) < 4.78 is 17.0. The maximum absolute atomic E-state index is 2.74. The van der Waals surface area contributed by atoms with E-state index >= 15 is 0 Å². The van der Waals surface area contributed by atoms with E-state index in [1.54, 1.807) is 0 Å². The molecule has 0 amide bonds. The fourth-order valence-electron chi connectivity index (χ4n) is 23.6. The first-order chi connectivity index (χ1) is 72.4. The van der Waals surface area contributed by atoms with Crippen LogP contribution in [0.15, 0.2) is 558 Å². The van der Waals surface area contributed by atoms with Crippen LogP contribution in [0.2, 0.25) is 0 Å². The average Bonchev–Trinajstić information content (AvgIpc) is 1.27. The zero-order chi connectivity index (χ0) is 96.3. The lowest BCUT2D eigenvalue weighted by molar-refractivity contribution is 1.18. The van der Waals surface area contributed by atoms with Crippen LogP contribution in [0.4, 0.5) is 0 Å². The van der Waals surface area contributed by atoms with Gasteiger partial charge in [-0.25, -0.2) is 0 Å². The molecule has 0 N–H and O–H groups in total. The molecule has 684 valence electrons. The highest BCUT2D eigenvalue weighted by molar-refractivity contribution is 7.26. The average molecular weight is 1890 g/mol. The van der Waals surface area contributed by atoms with Gasteiger partial charge in [-0.2, -0.15) is 0 Å². The van der Waals surface area contributed by atoms with Crippen molar-refractivity contribution >= 4 is 191 Å². The fraction of sp³-hybridized carbons (Fsp3) is 0. The van der Waals surface area contributed by atoms with Crippen molar-refractivity contribution in [1.82, 2.24) is 27.4 Å². The third-order valence-electron chi connectivity index (χ3n) is 30.1. The van der Waals surface area contributed by atoms with Gasteiger partial charge in [0.25, 0.3) is 0 Å². The highest BCUT2D eigenvalue weighted by Gasteiger charge is 2.42. The zero-order valence-electron chi connectivity index (χ0n) is 79.7. The molecule has 8 heteroatoms. The van der Waals surface area contributed by atoms with Crippen molar-refractivity contribution in [3.05, 3.63) is 558 Å². The topological polar surface area (TPSA) is 29.6 Å². The normalized spacial score (nSPS) is 11.8. The van der Waals surface area contributed by atoms with Gasteiger partial charge in [-0.05, 0) is 259 Å². The molecule has 7 heterocycles. The number of fused-ring (bicyclic) bond motifs is 21. The Morgan fingerprint density at radius 2 is 0.349 bits per heavy atom. The van der Waals surface area contributed by atoms with E-state index in [4.69, 9.17) is 0 Å². The Bertz CT molecular complexity index is 10000. The third kappa shape index (κ3) is 14.1. The second-order valence-corrected chi connectivity index (χ2v) is 42.9. The molecule has 30 aromatic rings. The van der Waals surface area contributed by atoms with E-state index in [0.717, 1.165) is 5.69 Å². The lowest BCUT2D eigenvalue weighted by Gasteiger charge is -2.34. The number of hydrogen-bond acceptors (Lipinski definition) is 1. The fourth-order valence-corrected chi connectivity index (χ4v) is 29.6. The summed E-state index contributed by atoms with van der Waals surface area (Å²) in [6, 6.07) is 204. The lowest BCUT2D eigenvalue weighted by atomic mass is 9.98. The molecule has 0 bridgehead atoms. The molecule has 0 saturated carbocycles. The summed E-state index contributed by atoms with van der Waals surface area (Å²) in [5.74, 6) is 0. The molecule has 146 heavy (non-hydrogen) atoms. The van der Waals surface area contributed by atoms with Gasteiger partial charge in [-0.15, -0.1) is 11.3 Å². The molecule has 0 spiro atoms. The van der Waals surface area contributed by atoms with Crippen LogP contribution in [0, 0.1) is 0 Å². The second kappa shape index (κ2) is 35.5. The summed E-state index contributed by atoms with van der Waals surface area (Å²) in [6.45, 7) is 0. The van der Waals surface area contributed by atoms with E-state index in [2.05, 4.69) is 586 Å². The minimum Gasteiger partial charge on any atom is -0.309 e. The monoisotopic (exact) mass is 1890 g/mol. The number of rotatable bonds is 14. The minimum absolute atomic E-state index is 1.16. The first kappa shape index (κ1) is 85.3. The van der Waals surface area contributed by atoms with Crippen molar-refractivity contribution < 1.29 is 0 Å². The third-order valence-corrected chi connectivity index (χ3v) is 36.1. The summed E-state index contributed by atoms with van der Waals surface area (Å²) in [5, 5.41) is 23.3. The smallest absolute Gasteiger partial charge is 0.179 e. The maximum atomic E-state index is 2.51. The quantitative estimate of drug-likeness (QED) is 0.0767. The molecule has 6 nitrogen and oxygen atoms in total. The van der Waals surface area contributed by atoms with E-state index < -0.39 is 8.07 Å². The van der Waals surface area contributed by atoms with Crippen LogP contribution in [0.5, 0.6) is 0 Å². The Morgan fingerprint density at radius 1 is 0.130 bits per heavy atom. The second-order valence-electron chi connectivity index (χ2n) is 38.1. The van der Waals surface area contributed by atoms with Gasteiger partial charge in [-0.3, -0.25) is 0 Å². The molecule has 0 aliphatic heterocycles. The minimum atomic E-state index is -2.74. The van der Waals surface area contributed by atoms with Gasteiger partial charge in [0.1, 0.15) is 0 Å². The standard InChI is InChI=1S/C54H38N2Si.C48H30N2S.C36H24N2/c1-6-18-41(19-7-1)55-51-29-17-16-28-47(51)49-36-39(30-34-52(49)55)40-31-35-53-50(37-40)48-33-32-46(38-54(48)56(53)42-20-8-2-9-21-42)57(43-22-10-3-11-23-43,44-24-12-4-13-25-44)45-26-14-5-15-27-45;1-3-12-34(13-4-1)49-43-20-9-7-16-37(43)40-28-31(22-25-44(40)49)32-23-26-45-41(29-32)42-30-33(24-27-46(42)50(45)35-14-5-2-6-15-35)36-18-11-19-39-38-17-8-10-21-47(38)51-48(36)39;1-3-11-27(12-4-1)37-33-17-9-7-15-29(33)31-23-25(19-21-35(31)37)26-20-22-36-32(24-26)30-16-8-10-18-34(30)38(36)28-13-5-2-6-14-28/h1-38H;1-30H;1-24H. The van der Waals surface area contributed by atoms with Gasteiger partial charge in [0.15, 0.2) is 8.07 Å². The lowest BCUT2D eigenvalue weighted by Crippen LogP contribution is -2.74. The molecule has 0 unspecified atom stereocenters. The number of benzene rings is 23. The van der Waals surface area contributed by atoms with Crippen LogP contribution in [-0.4, -0.2) is 35.5 Å². The molecule has 30 rings (SSSR count). The molecule has 0 fully saturated rings. The number of thiophene rings is 1. The molecule has 0 atom stereocenters. The summed E-state index contributed by atoms with van der Waals surface area (Å²) in [5.41, 5.74) is 31.5. The van der Waals surface area contributed by atoms with Crippen LogP contribution in [-0.2, 0) is 0 Å². The molecular formula is C138H92N6SSi. The first-order valence-electron chi connectivity index (χ1n) is 50.2. The van der Waals surface area contributed by atoms with Gasteiger partial charge in [0, 0.05) is 119 Å². The maximum Gasteiger partial charge on any atom is 0.179 e. The summed E-state index contributed by atoms with van der Waals surface area (Å²) >= 11 is 1.89. The first-order valence-corrected chi connectivity index (χ1v) is 53.0. The van der Waals surface area contributed by atoms with Gasteiger partial charge in [0.2, 0.25) is 0 Å². The van der Waals surface area contributed by atoms with Crippen LogP contribution in [0.1, 0.15) is 0 Å². The van der Waals surface area contributed by atoms with Crippen molar-refractivity contribution in [1.29, 1.82) is 0 Å². The van der Waals surface area contributed by atoms with Gasteiger partial charge < -0.3 is 27.4 Å². The Morgan fingerprint density at radius 3 is 0.651 bits per heavy atom. The molecule has 0 aliphatic carbocycles. The molecule has 0 radical (unpaired) electrons. The summed E-state index contributed by atoms with van der Waals surface area (Å²) in [7, 11) is -2.74. The zero-order valence-corrected chi connectivity index (χ0v) is 81.5. The van der Waals surface area contributed by atoms with Crippen LogP contribution in [0.3, 0.4) is 0 Å². The Labute approximate surface area is 848 Å². The van der Waals surface area contributed by atoms with Crippen molar-refractivity contribution in [3.8, 4) is 78.6 Å². The van der Waals surface area contributed by atoms with E-state index in [-0.39, 0.29) is 0 Å². The van der Waals surface area contributed by atoms with Crippen molar-refractivity contribution in [3.63, 3.8) is 0 Å². The SMILES string of the molecule is c1ccc(-n2c3ccccc3c3cc(-c4ccc5c(c4)c4cc(-c6cccc7c6sc6ccccc67)ccc4n5-c4ccccc4)ccc32)cc1.c1ccc(-n2c3ccccc3c3cc(-c4ccc5c(c4)c4ccc([Si](c6ccccc6)(c6ccccc6)c6ccccc6)cc4n5-c4ccccc4)ccc32)cc1.c1ccc(-n2c3ccccc3c3cc(-c4ccc5c(c4)c4ccccc4n5-c4ccccc4)ccc32)cc1. The largest absolute Gasteiger partial charge is 0.309 e. The van der Waals surface area contributed by atoms with Gasteiger partial charge in [0.05, 0.1) is 66.2 Å². The van der Waals surface area contributed by atoms with Gasteiger partial charge in [-0.1, -0.05) is 364 Å². The highest BCUT2D eigenvalue weighted by Crippen LogP contribution is 2.47. The number of hydrogen-bond donors (Lipinski definition) is 0. The van der Waals surface area contributed by atoms with Gasteiger partial charge >= 0.3 is 0 Å². The predicted octanol–water partition coefficient (Wildman–Crippen LogP) is 34.1. The van der Waals surface area contributed by atoms with Crippen molar-refractivity contribution in [2.75, 3.05) is 0 Å². The molecule has 0 saturated heterocycles. The Balaban J connectivity index is 0.000000108. The van der Waals surface area contributed by atoms with E-state index in [1.165, 1.54) is 245 Å². The van der Waals surface area contributed by atoms with Crippen LogP contribution in [0.25, 0.3) is 230 Å². The summed E-state index contributed by atoms with van der Waals surface area (Å²) in [4.78, 5) is 0. The number of para-hydroxylation sites is 10. The molecule has 0 aliphatic rings. The highest BCUT2D eigenvalue weighted by atomic mass is 32.1. The Kier molecular flexibility index (Phi) is 20.7. The summed E-state index contributed by atoms with van der Waals surface area (Å²) in [6.07, 6.45) is 0. The number of nitrogens with zero attached hydrogens (tertiary/aromatic N) is 6. The van der Waals surface area contributed by atoms with Crippen molar-refractivity contribution in [2.24, 2.45) is 0 Å². The number of aromatic nitrogens is 6. The molecule has 23 aromatic carbocycles. The van der Waals surface area contributed by atoms with Crippen LogP contribution >= 0.6 is 11.3 Å².